The summed E-state index contributed by atoms with van der Waals surface area (Å²) in [4.78, 5) is 4.13. The molecule has 0 atom stereocenters. The van der Waals surface area contributed by atoms with Crippen molar-refractivity contribution in [2.45, 2.75) is 0 Å². The molecule has 0 saturated heterocycles. The van der Waals surface area contributed by atoms with Crippen LogP contribution in [0.25, 0.3) is 11.3 Å². The number of benzene rings is 1. The van der Waals surface area contributed by atoms with E-state index >= 15 is 0 Å². The second kappa shape index (κ2) is 7.55. The molecule has 3 aromatic heterocycles. The Morgan fingerprint density at radius 2 is 2.00 bits per heavy atom. The quantitative estimate of drug-likeness (QED) is 0.394. The maximum Gasteiger partial charge on any atom is 0.365 e. The fraction of sp³-hybridized carbons (Fsp3) is 0. The second-order valence-corrected chi connectivity index (χ2v) is 7.05. The third kappa shape index (κ3) is 3.68. The van der Waals surface area contributed by atoms with E-state index in [4.69, 9.17) is 0 Å². The molecule has 4 nitrogen and oxygen atoms in total. The molecule has 0 amide bonds. The molecule has 128 valence electrons. The molecule has 0 aliphatic carbocycles. The molecular formula is C19H14FN4S2+. The Balaban J connectivity index is 1.75. The lowest BCUT2D eigenvalue weighted by atomic mass is 10.2. The minimum Gasteiger partial charge on any atom is -0.260 e. The average Bonchev–Trinajstić information content (AvgIpc) is 3.32. The molecule has 0 aliphatic rings. The Morgan fingerprint density at radius 3 is 2.73 bits per heavy atom. The molecule has 0 radical (unpaired) electrons. The molecule has 7 heteroatoms. The highest BCUT2D eigenvalue weighted by Gasteiger charge is 2.20. The Kier molecular flexibility index (Phi) is 4.81. The van der Waals surface area contributed by atoms with Gasteiger partial charge in [0.25, 0.3) is 0 Å². The number of anilines is 2. The van der Waals surface area contributed by atoms with Crippen LogP contribution in [-0.2, 0) is 0 Å². The molecule has 26 heavy (non-hydrogen) atoms. The summed E-state index contributed by atoms with van der Waals surface area (Å²) < 4.78 is 15.1. The lowest BCUT2D eigenvalue weighted by molar-refractivity contribution is -0.648. The van der Waals surface area contributed by atoms with Gasteiger partial charge in [0, 0.05) is 22.7 Å². The highest BCUT2D eigenvalue weighted by Crippen LogP contribution is 2.25. The maximum absolute atomic E-state index is 13.3. The molecule has 1 aromatic carbocycles. The molecule has 4 rings (SSSR count). The van der Waals surface area contributed by atoms with Crippen LogP contribution in [0.5, 0.6) is 0 Å². The van der Waals surface area contributed by atoms with E-state index in [0.29, 0.717) is 0 Å². The monoisotopic (exact) mass is 381 g/mol. The number of hydrogen-bond acceptors (Lipinski definition) is 5. The van der Waals surface area contributed by atoms with Crippen molar-refractivity contribution in [1.29, 1.82) is 0 Å². The first kappa shape index (κ1) is 16.6. The van der Waals surface area contributed by atoms with E-state index in [1.165, 1.54) is 23.5 Å². The number of halogens is 1. The number of nitrogens with one attached hydrogen (secondary N) is 1. The smallest absolute Gasteiger partial charge is 0.260 e. The maximum atomic E-state index is 13.3. The standard InChI is InChI=1S/C19H13FN4S2/c20-16-5-3-15(4-6-16)18-13-26-19(23-17-2-1-8-21-11-17)24(18)22-10-14-7-9-25-12-14/h1-13H/p+1/b22-10-. The number of pyridine rings is 1. The first-order valence-electron chi connectivity index (χ1n) is 7.83. The first-order valence-corrected chi connectivity index (χ1v) is 9.65. The summed E-state index contributed by atoms with van der Waals surface area (Å²) in [6.07, 6.45) is 5.29. The summed E-state index contributed by atoms with van der Waals surface area (Å²) in [7, 11) is 0. The van der Waals surface area contributed by atoms with Crippen molar-refractivity contribution in [3.8, 4) is 11.3 Å². The van der Waals surface area contributed by atoms with Crippen LogP contribution in [0.15, 0.2) is 76.1 Å². The van der Waals surface area contributed by atoms with E-state index in [9.17, 15) is 4.39 Å². The number of thiophene rings is 1. The number of thiazole rings is 1. The fourth-order valence-corrected chi connectivity index (χ4v) is 3.85. The van der Waals surface area contributed by atoms with Gasteiger partial charge in [0.2, 0.25) is 0 Å². The van der Waals surface area contributed by atoms with E-state index in [1.54, 1.807) is 35.9 Å². The molecule has 4 aromatic rings. The van der Waals surface area contributed by atoms with E-state index in [-0.39, 0.29) is 5.82 Å². The largest absolute Gasteiger partial charge is 0.365 e. The van der Waals surface area contributed by atoms with Gasteiger partial charge in [0.05, 0.1) is 12.4 Å². The molecule has 0 spiro atoms. The van der Waals surface area contributed by atoms with Gasteiger partial charge in [-0.2, -0.15) is 11.3 Å². The third-order valence-electron chi connectivity index (χ3n) is 3.62. The van der Waals surface area contributed by atoms with Gasteiger partial charge in [0.15, 0.2) is 5.69 Å². The van der Waals surface area contributed by atoms with Gasteiger partial charge in [-0.25, -0.2) is 9.71 Å². The van der Waals surface area contributed by atoms with Gasteiger partial charge < -0.3 is 0 Å². The summed E-state index contributed by atoms with van der Waals surface area (Å²) in [5.74, 6) is -0.258. The van der Waals surface area contributed by atoms with E-state index in [1.807, 2.05) is 45.2 Å². The predicted octanol–water partition coefficient (Wildman–Crippen LogP) is 4.92. The zero-order valence-electron chi connectivity index (χ0n) is 13.5. The van der Waals surface area contributed by atoms with Gasteiger partial charge in [-0.1, -0.05) is 21.1 Å². The second-order valence-electron chi connectivity index (χ2n) is 5.41. The minimum atomic E-state index is -0.258. The zero-order chi connectivity index (χ0) is 17.8. The Bertz CT molecular complexity index is 1010. The van der Waals surface area contributed by atoms with Crippen molar-refractivity contribution in [2.24, 2.45) is 5.10 Å². The summed E-state index contributed by atoms with van der Waals surface area (Å²) in [5, 5.41) is 14.8. The predicted molar refractivity (Wildman–Crippen MR) is 105 cm³/mol. The highest BCUT2D eigenvalue weighted by atomic mass is 32.1. The third-order valence-corrected chi connectivity index (χ3v) is 5.16. The zero-order valence-corrected chi connectivity index (χ0v) is 15.2. The Hall–Kier alpha value is -2.90. The van der Waals surface area contributed by atoms with Crippen molar-refractivity contribution in [2.75, 3.05) is 5.32 Å². The Labute approximate surface area is 157 Å². The summed E-state index contributed by atoms with van der Waals surface area (Å²) in [6.45, 7) is 0. The van der Waals surface area contributed by atoms with Crippen LogP contribution < -0.4 is 9.99 Å². The number of rotatable bonds is 5. The minimum absolute atomic E-state index is 0.258. The SMILES string of the molecule is Fc1ccc(-c2csc(Nc3cccnc3)[n+]2/N=C\c2ccsc2)cc1. The topological polar surface area (TPSA) is 41.2 Å². The molecule has 0 bridgehead atoms. The number of aromatic nitrogens is 2. The van der Waals surface area contributed by atoms with Crippen molar-refractivity contribution in [3.05, 3.63) is 82.4 Å². The van der Waals surface area contributed by atoms with Gasteiger partial charge >= 0.3 is 5.13 Å². The summed E-state index contributed by atoms with van der Waals surface area (Å²) in [5.41, 5.74) is 3.68. The Morgan fingerprint density at radius 1 is 1.12 bits per heavy atom. The van der Waals surface area contributed by atoms with Crippen molar-refractivity contribution >= 4 is 39.7 Å². The van der Waals surface area contributed by atoms with E-state index < -0.39 is 0 Å². The van der Waals surface area contributed by atoms with Crippen LogP contribution in [0.1, 0.15) is 5.56 Å². The lowest BCUT2D eigenvalue weighted by Crippen LogP contribution is -2.31. The van der Waals surface area contributed by atoms with Gasteiger partial charge in [-0.15, -0.1) is 0 Å². The molecular weight excluding hydrogens is 367 g/mol. The lowest BCUT2D eigenvalue weighted by Gasteiger charge is -2.00. The summed E-state index contributed by atoms with van der Waals surface area (Å²) in [6, 6.07) is 12.2. The van der Waals surface area contributed by atoms with Crippen LogP contribution >= 0.6 is 22.7 Å². The molecule has 3 heterocycles. The van der Waals surface area contributed by atoms with Gasteiger partial charge in [-0.3, -0.25) is 4.98 Å². The first-order chi connectivity index (χ1) is 12.8. The van der Waals surface area contributed by atoms with Crippen LogP contribution in [0, 0.1) is 5.82 Å². The van der Waals surface area contributed by atoms with Crippen LogP contribution in [-0.4, -0.2) is 11.2 Å². The fourth-order valence-electron chi connectivity index (χ4n) is 2.36. The average molecular weight is 381 g/mol. The molecule has 0 aliphatic heterocycles. The van der Waals surface area contributed by atoms with Crippen LogP contribution in [0.4, 0.5) is 15.2 Å². The molecule has 0 fully saturated rings. The van der Waals surface area contributed by atoms with Crippen LogP contribution in [0.2, 0.25) is 0 Å². The van der Waals surface area contributed by atoms with Gasteiger partial charge in [-0.05, 0) is 53.2 Å². The summed E-state index contributed by atoms with van der Waals surface area (Å²) >= 11 is 3.15. The van der Waals surface area contributed by atoms with E-state index in [2.05, 4.69) is 15.4 Å². The molecule has 1 N–H and O–H groups in total. The number of nitrogens with zero attached hydrogens (tertiary/aromatic N) is 3. The van der Waals surface area contributed by atoms with Crippen LogP contribution in [0.3, 0.4) is 0 Å². The van der Waals surface area contributed by atoms with Crippen molar-refractivity contribution in [1.82, 2.24) is 4.98 Å². The van der Waals surface area contributed by atoms with Crippen molar-refractivity contribution < 1.29 is 9.07 Å². The normalized spacial score (nSPS) is 11.1. The van der Waals surface area contributed by atoms with Crippen molar-refractivity contribution in [3.63, 3.8) is 0 Å². The number of hydrogen-bond donors (Lipinski definition) is 1. The molecule has 0 unspecified atom stereocenters. The van der Waals surface area contributed by atoms with E-state index in [0.717, 1.165) is 27.6 Å². The molecule has 0 saturated carbocycles. The van der Waals surface area contributed by atoms with Gasteiger partial charge in [0.1, 0.15) is 11.5 Å². The highest BCUT2D eigenvalue weighted by molar-refractivity contribution is 7.13.